The van der Waals surface area contributed by atoms with E-state index in [4.69, 9.17) is 26.8 Å². The standard InChI is InChI=1S/C27H26ClF6N5O3/c1-4-25(35)13-17(23-19(6-7-22(38-23)41-3)39(25)24(40)42-5-2)18-12-20(28)37-21(36-18)10-14-8-15(26(29,30)31)11-16(9-14)27(32,33)34/h6-9,11-12,17H,4-5,10,13,35H2,1-3H3/t17-,25+/m0/s1. The van der Waals surface area contributed by atoms with Crippen molar-refractivity contribution in [3.05, 3.63) is 75.5 Å². The van der Waals surface area contributed by atoms with E-state index in [9.17, 15) is 31.1 Å². The molecule has 2 atom stereocenters. The van der Waals surface area contributed by atoms with E-state index < -0.39 is 47.6 Å². The number of hydrogen-bond donors (Lipinski definition) is 1. The Morgan fingerprint density at radius 1 is 1.05 bits per heavy atom. The number of rotatable bonds is 6. The summed E-state index contributed by atoms with van der Waals surface area (Å²) < 4.78 is 91.0. The fraction of sp³-hybridized carbons (Fsp3) is 0.407. The molecule has 0 bridgehead atoms. The van der Waals surface area contributed by atoms with Gasteiger partial charge in [0.1, 0.15) is 16.6 Å². The molecule has 42 heavy (non-hydrogen) atoms. The first kappa shape index (κ1) is 31.3. The lowest BCUT2D eigenvalue weighted by atomic mass is 9.82. The van der Waals surface area contributed by atoms with Crippen molar-refractivity contribution in [3.63, 3.8) is 0 Å². The Kier molecular flexibility index (Phi) is 8.61. The summed E-state index contributed by atoms with van der Waals surface area (Å²) in [7, 11) is 1.40. The molecule has 8 nitrogen and oxygen atoms in total. The number of ether oxygens (including phenoxy) is 2. The third-order valence-corrected chi connectivity index (χ3v) is 7.04. The SMILES string of the molecule is CCOC(=O)N1c2ccc(OC)nc2[C@H](c2cc(Cl)nc(Cc3cc(C(F)(F)F)cc(C(F)(F)F)c3)n2)C[C@@]1(N)CC. The number of halogens is 7. The lowest BCUT2D eigenvalue weighted by Crippen LogP contribution is -2.61. The van der Waals surface area contributed by atoms with Crippen molar-refractivity contribution in [2.75, 3.05) is 18.6 Å². The summed E-state index contributed by atoms with van der Waals surface area (Å²) in [5.41, 5.74) is 3.13. The molecule has 1 aliphatic heterocycles. The zero-order chi connectivity index (χ0) is 31.0. The molecule has 3 aromatic rings. The maximum absolute atomic E-state index is 13.4. The zero-order valence-corrected chi connectivity index (χ0v) is 23.4. The van der Waals surface area contributed by atoms with Crippen molar-refractivity contribution >= 4 is 23.4 Å². The summed E-state index contributed by atoms with van der Waals surface area (Å²) in [6, 6.07) is 5.80. The molecule has 0 fully saturated rings. The molecule has 4 rings (SSSR count). The quantitative estimate of drug-likeness (QED) is 0.242. The van der Waals surface area contributed by atoms with Crippen LogP contribution in [0.5, 0.6) is 5.88 Å². The van der Waals surface area contributed by atoms with Crippen molar-refractivity contribution in [3.8, 4) is 5.88 Å². The van der Waals surface area contributed by atoms with Crippen LogP contribution in [0.15, 0.2) is 36.4 Å². The minimum Gasteiger partial charge on any atom is -0.481 e. The Hall–Kier alpha value is -3.65. The third kappa shape index (κ3) is 6.38. The van der Waals surface area contributed by atoms with Crippen LogP contribution >= 0.6 is 11.6 Å². The summed E-state index contributed by atoms with van der Waals surface area (Å²) in [6.45, 7) is 3.51. The van der Waals surface area contributed by atoms with Gasteiger partial charge in [0.05, 0.1) is 41.9 Å². The smallest absolute Gasteiger partial charge is 0.416 e. The molecule has 2 N–H and O–H groups in total. The van der Waals surface area contributed by atoms with Gasteiger partial charge in [0.25, 0.3) is 0 Å². The van der Waals surface area contributed by atoms with Crippen molar-refractivity contribution in [1.29, 1.82) is 0 Å². The predicted octanol–water partition coefficient (Wildman–Crippen LogP) is 6.73. The summed E-state index contributed by atoms with van der Waals surface area (Å²) >= 11 is 6.28. The number of hydrogen-bond acceptors (Lipinski definition) is 7. The topological polar surface area (TPSA) is 103 Å². The van der Waals surface area contributed by atoms with Gasteiger partial charge in [0.2, 0.25) is 5.88 Å². The van der Waals surface area contributed by atoms with Gasteiger partial charge < -0.3 is 15.2 Å². The largest absolute Gasteiger partial charge is 0.481 e. The zero-order valence-electron chi connectivity index (χ0n) is 22.6. The number of anilines is 1. The maximum atomic E-state index is 13.4. The number of benzene rings is 1. The number of amides is 1. The number of alkyl halides is 6. The van der Waals surface area contributed by atoms with Gasteiger partial charge in [-0.05, 0) is 55.7 Å². The van der Waals surface area contributed by atoms with Crippen LogP contribution in [-0.4, -0.2) is 40.4 Å². The van der Waals surface area contributed by atoms with Gasteiger partial charge in [-0.25, -0.2) is 19.7 Å². The number of aromatic nitrogens is 3. The Morgan fingerprint density at radius 3 is 2.24 bits per heavy atom. The molecular formula is C27H26ClF6N5O3. The first-order valence-electron chi connectivity index (χ1n) is 12.7. The highest BCUT2D eigenvalue weighted by atomic mass is 35.5. The molecule has 0 unspecified atom stereocenters. The highest BCUT2D eigenvalue weighted by Gasteiger charge is 2.47. The average Bonchev–Trinajstić information content (AvgIpc) is 2.91. The number of fused-ring (bicyclic) bond motifs is 1. The van der Waals surface area contributed by atoms with E-state index in [1.165, 1.54) is 24.1 Å². The molecular weight excluding hydrogens is 592 g/mol. The summed E-state index contributed by atoms with van der Waals surface area (Å²) in [4.78, 5) is 27.3. The molecule has 0 saturated carbocycles. The first-order valence-corrected chi connectivity index (χ1v) is 13.1. The molecule has 0 spiro atoms. The molecule has 2 aromatic heterocycles. The number of carbonyl (C=O) groups is 1. The summed E-state index contributed by atoms with van der Waals surface area (Å²) in [6.07, 6.45) is -10.8. The molecule has 0 saturated heterocycles. The number of carbonyl (C=O) groups excluding carboxylic acids is 1. The van der Waals surface area contributed by atoms with Crippen molar-refractivity contribution < 1.29 is 40.6 Å². The van der Waals surface area contributed by atoms with Crippen LogP contribution in [0.1, 0.15) is 66.5 Å². The van der Waals surface area contributed by atoms with E-state index in [1.807, 2.05) is 0 Å². The van der Waals surface area contributed by atoms with Gasteiger partial charge in [-0.3, -0.25) is 4.90 Å². The van der Waals surface area contributed by atoms with Crippen LogP contribution in [-0.2, 0) is 23.5 Å². The minimum absolute atomic E-state index is 0.0483. The summed E-state index contributed by atoms with van der Waals surface area (Å²) in [5.74, 6) is -0.619. The minimum atomic E-state index is -5.01. The second kappa shape index (κ2) is 11.6. The third-order valence-electron chi connectivity index (χ3n) is 6.85. The monoisotopic (exact) mass is 617 g/mol. The van der Waals surface area contributed by atoms with Crippen LogP contribution in [0.4, 0.5) is 36.8 Å². The van der Waals surface area contributed by atoms with Crippen LogP contribution in [0.25, 0.3) is 0 Å². The number of methoxy groups -OCH3 is 1. The first-order chi connectivity index (χ1) is 19.6. The lowest BCUT2D eigenvalue weighted by molar-refractivity contribution is -0.143. The van der Waals surface area contributed by atoms with E-state index in [0.717, 1.165) is 0 Å². The molecule has 1 amide bonds. The van der Waals surface area contributed by atoms with E-state index in [1.54, 1.807) is 19.9 Å². The van der Waals surface area contributed by atoms with Crippen LogP contribution in [0.2, 0.25) is 5.15 Å². The van der Waals surface area contributed by atoms with Gasteiger partial charge in [-0.1, -0.05) is 18.5 Å². The highest BCUT2D eigenvalue weighted by Crippen LogP contribution is 2.46. The highest BCUT2D eigenvalue weighted by molar-refractivity contribution is 6.29. The second-order valence-corrected chi connectivity index (χ2v) is 10.0. The fourth-order valence-corrected chi connectivity index (χ4v) is 5.06. The van der Waals surface area contributed by atoms with Crippen molar-refractivity contribution in [2.24, 2.45) is 5.73 Å². The van der Waals surface area contributed by atoms with E-state index in [2.05, 4.69) is 15.0 Å². The predicted molar refractivity (Wildman–Crippen MR) is 140 cm³/mol. The van der Waals surface area contributed by atoms with Crippen LogP contribution in [0.3, 0.4) is 0 Å². The van der Waals surface area contributed by atoms with Crippen LogP contribution < -0.4 is 15.4 Å². The fourth-order valence-electron chi connectivity index (χ4n) is 4.85. The van der Waals surface area contributed by atoms with Crippen molar-refractivity contribution in [1.82, 2.24) is 15.0 Å². The average molecular weight is 618 g/mol. The summed E-state index contributed by atoms with van der Waals surface area (Å²) in [5, 5.41) is -0.102. The van der Waals surface area contributed by atoms with E-state index in [-0.39, 0.29) is 53.6 Å². The normalized spacial score (nSPS) is 18.9. The maximum Gasteiger partial charge on any atom is 0.416 e. The Balaban J connectivity index is 1.83. The van der Waals surface area contributed by atoms with Gasteiger partial charge in [0, 0.05) is 18.4 Å². The van der Waals surface area contributed by atoms with Gasteiger partial charge in [0.15, 0.2) is 0 Å². The Labute approximate surface area is 241 Å². The molecule has 0 aliphatic carbocycles. The van der Waals surface area contributed by atoms with E-state index in [0.29, 0.717) is 23.5 Å². The lowest BCUT2D eigenvalue weighted by Gasteiger charge is -2.46. The van der Waals surface area contributed by atoms with Gasteiger partial charge in [-0.15, -0.1) is 0 Å². The molecule has 226 valence electrons. The van der Waals surface area contributed by atoms with Gasteiger partial charge in [-0.2, -0.15) is 26.3 Å². The van der Waals surface area contributed by atoms with Gasteiger partial charge >= 0.3 is 18.4 Å². The molecule has 15 heteroatoms. The van der Waals surface area contributed by atoms with Crippen molar-refractivity contribution in [2.45, 2.75) is 57.0 Å². The number of nitrogens with two attached hydrogens (primary N) is 1. The number of nitrogens with zero attached hydrogens (tertiary/aromatic N) is 4. The van der Waals surface area contributed by atoms with Crippen LogP contribution in [0, 0.1) is 0 Å². The van der Waals surface area contributed by atoms with E-state index >= 15 is 0 Å². The number of pyridine rings is 1. The molecule has 0 radical (unpaired) electrons. The Bertz CT molecular complexity index is 1450. The molecule has 1 aliphatic rings. The Morgan fingerprint density at radius 2 is 1.69 bits per heavy atom. The molecule has 3 heterocycles. The second-order valence-electron chi connectivity index (χ2n) is 9.63. The molecule has 1 aromatic carbocycles.